The van der Waals surface area contributed by atoms with Crippen molar-refractivity contribution in [2.45, 2.75) is 18.3 Å². The van der Waals surface area contributed by atoms with Crippen LogP contribution in [0.4, 0.5) is 5.69 Å². The van der Waals surface area contributed by atoms with Crippen molar-refractivity contribution in [3.63, 3.8) is 0 Å². The van der Waals surface area contributed by atoms with Crippen LogP contribution in [0.3, 0.4) is 0 Å². The van der Waals surface area contributed by atoms with E-state index in [1.165, 1.54) is 11.3 Å². The molecule has 1 aliphatic heterocycles. The number of hydrogen-bond acceptors (Lipinski definition) is 4. The highest BCUT2D eigenvalue weighted by atomic mass is 35.5. The van der Waals surface area contributed by atoms with Gasteiger partial charge in [0.05, 0.1) is 27.8 Å². The molecule has 0 bridgehead atoms. The lowest BCUT2D eigenvalue weighted by molar-refractivity contribution is -0.110. The minimum Gasteiger partial charge on any atom is -0.506 e. The van der Waals surface area contributed by atoms with Crippen LogP contribution >= 0.6 is 22.9 Å². The first-order chi connectivity index (χ1) is 14.0. The molecule has 5 rings (SSSR count). The molecule has 0 spiro atoms. The number of amides is 1. The zero-order chi connectivity index (χ0) is 20.2. The molecule has 0 saturated heterocycles. The third-order valence-corrected chi connectivity index (χ3v) is 7.00. The Kier molecular flexibility index (Phi) is 4.28. The maximum Gasteiger partial charge on any atom is 0.260 e. The first kappa shape index (κ1) is 18.4. The molecular weight excluding hydrogens is 406 g/mol. The fraction of sp³-hybridized carbons (Fsp3) is 0.174. The summed E-state index contributed by atoms with van der Waals surface area (Å²) >= 11 is 7.89. The molecule has 3 N–H and O–H groups in total. The van der Waals surface area contributed by atoms with Gasteiger partial charge in [-0.25, -0.2) is 0 Å². The van der Waals surface area contributed by atoms with E-state index in [2.05, 4.69) is 5.32 Å². The highest BCUT2D eigenvalue weighted by molar-refractivity contribution is 7.11. The molecule has 1 saturated carbocycles. The molecule has 146 valence electrons. The fourth-order valence-corrected chi connectivity index (χ4v) is 4.82. The number of hydrogen-bond donors (Lipinski definition) is 3. The van der Waals surface area contributed by atoms with Crippen LogP contribution in [0.1, 0.15) is 28.8 Å². The summed E-state index contributed by atoms with van der Waals surface area (Å²) < 4.78 is 0. The second-order valence-corrected chi connectivity index (χ2v) is 8.90. The summed E-state index contributed by atoms with van der Waals surface area (Å²) in [7, 11) is 0. The Hall–Kier alpha value is -2.60. The van der Waals surface area contributed by atoms with Crippen LogP contribution in [-0.2, 0) is 10.2 Å². The van der Waals surface area contributed by atoms with E-state index in [4.69, 9.17) is 11.6 Å². The average molecular weight is 424 g/mol. The van der Waals surface area contributed by atoms with Crippen molar-refractivity contribution in [2.75, 3.05) is 11.9 Å². The second-order valence-electron chi connectivity index (χ2n) is 7.55. The number of aliphatic hydroxyl groups excluding tert-OH is 2. The maximum atomic E-state index is 12.5. The summed E-state index contributed by atoms with van der Waals surface area (Å²) in [6, 6.07) is 15.2. The Balaban J connectivity index is 1.59. The van der Waals surface area contributed by atoms with Gasteiger partial charge in [0.15, 0.2) is 0 Å². The van der Waals surface area contributed by atoms with Gasteiger partial charge in [-0.05, 0) is 47.5 Å². The molecule has 3 aromatic rings. The van der Waals surface area contributed by atoms with E-state index < -0.39 is 0 Å². The largest absolute Gasteiger partial charge is 0.506 e. The molecular formula is C23H18ClNO3S. The van der Waals surface area contributed by atoms with E-state index >= 15 is 0 Å². The van der Waals surface area contributed by atoms with Crippen molar-refractivity contribution < 1.29 is 15.0 Å². The van der Waals surface area contributed by atoms with Crippen molar-refractivity contribution in [3.05, 3.63) is 74.9 Å². The monoisotopic (exact) mass is 423 g/mol. The van der Waals surface area contributed by atoms with Gasteiger partial charge in [0, 0.05) is 16.5 Å². The number of halogens is 1. The van der Waals surface area contributed by atoms with Crippen molar-refractivity contribution in [3.8, 4) is 11.1 Å². The standard InChI is InChI=1S/C23H18ClNO3S/c24-17-11-18-16(20(22(28)25-18)21(27)19-2-1-9-29-19)10-15(17)13-3-5-14(6-4-13)23(12-26)7-8-23/h1-6,9-11,26-27H,7-8,12H2,(H,25,28)/b21-20+. The topological polar surface area (TPSA) is 69.6 Å². The van der Waals surface area contributed by atoms with Crippen LogP contribution in [0.15, 0.2) is 53.9 Å². The van der Waals surface area contributed by atoms with Gasteiger partial charge >= 0.3 is 0 Å². The third-order valence-electron chi connectivity index (χ3n) is 5.81. The predicted octanol–water partition coefficient (Wildman–Crippen LogP) is 5.47. The molecule has 29 heavy (non-hydrogen) atoms. The Labute approximate surface area is 177 Å². The number of anilines is 1. The van der Waals surface area contributed by atoms with Crippen LogP contribution in [-0.4, -0.2) is 22.7 Å². The van der Waals surface area contributed by atoms with Gasteiger partial charge in [-0.1, -0.05) is 41.9 Å². The molecule has 4 nitrogen and oxygen atoms in total. The molecule has 2 heterocycles. The van der Waals surface area contributed by atoms with Gasteiger partial charge < -0.3 is 15.5 Å². The zero-order valence-corrected chi connectivity index (χ0v) is 17.0. The van der Waals surface area contributed by atoms with Gasteiger partial charge in [0.2, 0.25) is 0 Å². The second kappa shape index (κ2) is 6.73. The fourth-order valence-electron chi connectivity index (χ4n) is 3.88. The van der Waals surface area contributed by atoms with E-state index in [1.54, 1.807) is 12.1 Å². The summed E-state index contributed by atoms with van der Waals surface area (Å²) in [6.07, 6.45) is 2.01. The first-order valence-corrected chi connectivity index (χ1v) is 10.6. The quantitative estimate of drug-likeness (QED) is 0.385. The highest BCUT2D eigenvalue weighted by Crippen LogP contribution is 2.48. The molecule has 1 fully saturated rings. The van der Waals surface area contributed by atoms with Crippen molar-refractivity contribution in [1.29, 1.82) is 0 Å². The average Bonchev–Trinajstić information content (AvgIpc) is 3.19. The Morgan fingerprint density at radius 2 is 1.90 bits per heavy atom. The van der Waals surface area contributed by atoms with Crippen LogP contribution < -0.4 is 5.32 Å². The minimum absolute atomic E-state index is 0.0292. The molecule has 2 aliphatic rings. The number of aliphatic hydroxyl groups is 2. The predicted molar refractivity (Wildman–Crippen MR) is 117 cm³/mol. The summed E-state index contributed by atoms with van der Waals surface area (Å²) in [5.74, 6) is -0.369. The number of carbonyl (C=O) groups excluding carboxylic acids is 1. The number of rotatable bonds is 4. The Morgan fingerprint density at radius 1 is 1.14 bits per heavy atom. The SMILES string of the molecule is O=C1Nc2cc(Cl)c(-c3ccc(C4(CO)CC4)cc3)cc2/C1=C(\O)c1cccs1. The molecule has 1 aromatic heterocycles. The highest BCUT2D eigenvalue weighted by Gasteiger charge is 2.43. The third kappa shape index (κ3) is 2.97. The molecule has 0 unspecified atom stereocenters. The molecule has 0 radical (unpaired) electrons. The number of thiophene rings is 1. The number of nitrogens with one attached hydrogen (secondary N) is 1. The lowest BCUT2D eigenvalue weighted by Gasteiger charge is -2.14. The van der Waals surface area contributed by atoms with Crippen molar-refractivity contribution >= 4 is 45.9 Å². The lowest BCUT2D eigenvalue weighted by atomic mass is 9.93. The van der Waals surface area contributed by atoms with E-state index in [1.807, 2.05) is 41.8 Å². The Morgan fingerprint density at radius 3 is 2.52 bits per heavy atom. The number of fused-ring (bicyclic) bond motifs is 1. The minimum atomic E-state index is -0.340. The van der Waals surface area contributed by atoms with Gasteiger partial charge in [-0.3, -0.25) is 4.79 Å². The van der Waals surface area contributed by atoms with Gasteiger partial charge in [-0.2, -0.15) is 0 Å². The molecule has 1 aliphatic carbocycles. The van der Waals surface area contributed by atoms with Crippen LogP contribution in [0, 0.1) is 0 Å². The lowest BCUT2D eigenvalue weighted by Crippen LogP contribution is -2.11. The van der Waals surface area contributed by atoms with Crippen molar-refractivity contribution in [2.24, 2.45) is 0 Å². The molecule has 2 aromatic carbocycles. The van der Waals surface area contributed by atoms with Crippen molar-refractivity contribution in [1.82, 2.24) is 0 Å². The van der Waals surface area contributed by atoms with Gasteiger partial charge in [0.1, 0.15) is 5.76 Å². The Bertz CT molecular complexity index is 1150. The van der Waals surface area contributed by atoms with Gasteiger partial charge in [0.25, 0.3) is 5.91 Å². The number of carbonyl (C=O) groups is 1. The molecule has 1 amide bonds. The number of benzene rings is 2. The summed E-state index contributed by atoms with van der Waals surface area (Å²) in [5.41, 5.74) is 4.25. The smallest absolute Gasteiger partial charge is 0.260 e. The first-order valence-electron chi connectivity index (χ1n) is 9.36. The molecule has 0 atom stereocenters. The molecule has 6 heteroatoms. The van der Waals surface area contributed by atoms with Crippen LogP contribution in [0.2, 0.25) is 5.02 Å². The van der Waals surface area contributed by atoms with E-state index in [9.17, 15) is 15.0 Å². The summed E-state index contributed by atoms with van der Waals surface area (Å²) in [6.45, 7) is 0.163. The normalized spacial score (nSPS) is 18.3. The van der Waals surface area contributed by atoms with E-state index in [0.717, 1.165) is 29.5 Å². The van der Waals surface area contributed by atoms with Crippen LogP contribution in [0.25, 0.3) is 22.5 Å². The van der Waals surface area contributed by atoms with Gasteiger partial charge in [-0.15, -0.1) is 11.3 Å². The summed E-state index contributed by atoms with van der Waals surface area (Å²) in [5, 5.41) is 25.5. The zero-order valence-electron chi connectivity index (χ0n) is 15.4. The summed E-state index contributed by atoms with van der Waals surface area (Å²) in [4.78, 5) is 13.2. The van der Waals surface area contributed by atoms with Crippen LogP contribution in [0.5, 0.6) is 0 Å². The maximum absolute atomic E-state index is 12.5. The van der Waals surface area contributed by atoms with E-state index in [-0.39, 0.29) is 29.3 Å². The van der Waals surface area contributed by atoms with E-state index in [0.29, 0.717) is 21.2 Å².